The maximum absolute atomic E-state index is 12.4. The number of nitrogens with zero attached hydrogens (tertiary/aromatic N) is 2. The molecule has 2 aliphatic rings. The van der Waals surface area contributed by atoms with Crippen molar-refractivity contribution in [1.29, 1.82) is 0 Å². The van der Waals surface area contributed by atoms with Crippen LogP contribution in [-0.2, 0) is 16.0 Å². The van der Waals surface area contributed by atoms with Crippen molar-refractivity contribution in [3.05, 3.63) is 29.8 Å². The molecule has 30 heavy (non-hydrogen) atoms. The first-order valence-corrected chi connectivity index (χ1v) is 11.6. The predicted octanol–water partition coefficient (Wildman–Crippen LogP) is 2.55. The zero-order valence-electron chi connectivity index (χ0n) is 17.4. The molecule has 2 saturated heterocycles. The van der Waals surface area contributed by atoms with Crippen molar-refractivity contribution in [2.75, 3.05) is 49.6 Å². The Kier molecular flexibility index (Phi) is 8.24. The molecule has 4 amide bonds. The number of thioether (sulfide) groups is 1. The lowest BCUT2D eigenvalue weighted by Gasteiger charge is -2.31. The van der Waals surface area contributed by atoms with Gasteiger partial charge in [-0.2, -0.15) is 11.8 Å². The molecule has 0 aliphatic carbocycles. The molecule has 0 radical (unpaired) electrons. The molecule has 9 heteroatoms. The van der Waals surface area contributed by atoms with Crippen molar-refractivity contribution in [2.45, 2.75) is 32.2 Å². The highest BCUT2D eigenvalue weighted by Gasteiger charge is 2.24. The number of likely N-dealkylation sites (tertiary alicyclic amines) is 1. The first-order chi connectivity index (χ1) is 14.5. The van der Waals surface area contributed by atoms with Crippen LogP contribution in [0.3, 0.4) is 0 Å². The van der Waals surface area contributed by atoms with Crippen LogP contribution in [0.4, 0.5) is 15.3 Å². The lowest BCUT2D eigenvalue weighted by molar-refractivity contribution is -0.130. The average Bonchev–Trinajstić information content (AvgIpc) is 2.76. The van der Waals surface area contributed by atoms with E-state index < -0.39 is 0 Å². The first-order valence-electron chi connectivity index (χ1n) is 10.5. The van der Waals surface area contributed by atoms with Crippen molar-refractivity contribution >= 4 is 35.5 Å². The minimum atomic E-state index is -0.293. The highest BCUT2D eigenvalue weighted by atomic mass is 32.2. The molecule has 0 atom stereocenters. The number of amides is 4. The summed E-state index contributed by atoms with van der Waals surface area (Å²) in [5, 5.41) is 5.79. The van der Waals surface area contributed by atoms with Crippen LogP contribution in [0.15, 0.2) is 24.3 Å². The number of carbonyl (C=O) groups excluding carboxylic acids is 3. The van der Waals surface area contributed by atoms with Gasteiger partial charge in [0.05, 0.1) is 13.0 Å². The van der Waals surface area contributed by atoms with Crippen molar-refractivity contribution < 1.29 is 19.1 Å². The van der Waals surface area contributed by atoms with E-state index in [0.29, 0.717) is 44.6 Å². The molecule has 0 unspecified atom stereocenters. The second-order valence-corrected chi connectivity index (χ2v) is 8.65. The van der Waals surface area contributed by atoms with Crippen molar-refractivity contribution in [1.82, 2.24) is 15.1 Å². The lowest BCUT2D eigenvalue weighted by atomic mass is 10.1. The standard InChI is InChI=1S/C21H30N4O4S/c1-2-29-21(28)25-9-7-18(8-10-25)23-20(27)22-17-5-3-16(4-6-17)15-19(26)24-11-13-30-14-12-24/h3-6,18H,2,7-15H2,1H3,(H2,22,23,27). The molecule has 1 aromatic rings. The zero-order chi connectivity index (χ0) is 21.3. The average molecular weight is 435 g/mol. The topological polar surface area (TPSA) is 91.0 Å². The number of hydrogen-bond acceptors (Lipinski definition) is 5. The van der Waals surface area contributed by atoms with Gasteiger partial charge in [0.2, 0.25) is 5.91 Å². The normalized spacial score (nSPS) is 17.4. The Morgan fingerprint density at radius 2 is 1.70 bits per heavy atom. The third-order valence-corrected chi connectivity index (χ3v) is 6.23. The third-order valence-electron chi connectivity index (χ3n) is 5.29. The number of benzene rings is 1. The second-order valence-electron chi connectivity index (χ2n) is 7.43. The van der Waals surface area contributed by atoms with Crippen molar-refractivity contribution in [3.63, 3.8) is 0 Å². The van der Waals surface area contributed by atoms with E-state index in [1.54, 1.807) is 11.8 Å². The molecule has 2 aliphatic heterocycles. The Morgan fingerprint density at radius 3 is 2.33 bits per heavy atom. The Morgan fingerprint density at radius 1 is 1.03 bits per heavy atom. The smallest absolute Gasteiger partial charge is 0.409 e. The van der Waals surface area contributed by atoms with Crippen LogP contribution in [0.5, 0.6) is 0 Å². The summed E-state index contributed by atoms with van der Waals surface area (Å²) in [4.78, 5) is 40.0. The molecular formula is C21H30N4O4S. The van der Waals surface area contributed by atoms with Crippen LogP contribution < -0.4 is 10.6 Å². The number of nitrogens with one attached hydrogen (secondary N) is 2. The fourth-order valence-corrected chi connectivity index (χ4v) is 4.48. The molecule has 3 rings (SSSR count). The second kappa shape index (κ2) is 11.1. The molecule has 2 N–H and O–H groups in total. The van der Waals surface area contributed by atoms with Gasteiger partial charge in [-0.05, 0) is 37.5 Å². The molecule has 164 valence electrons. The number of rotatable bonds is 5. The predicted molar refractivity (Wildman–Crippen MR) is 118 cm³/mol. The van der Waals surface area contributed by atoms with Gasteiger partial charge in [-0.15, -0.1) is 0 Å². The van der Waals surface area contributed by atoms with E-state index in [4.69, 9.17) is 4.74 Å². The molecule has 8 nitrogen and oxygen atoms in total. The van der Waals surface area contributed by atoms with Gasteiger partial charge in [-0.3, -0.25) is 4.79 Å². The first kappa shape index (κ1) is 22.3. The van der Waals surface area contributed by atoms with Gasteiger partial charge in [0.15, 0.2) is 0 Å². The SMILES string of the molecule is CCOC(=O)N1CCC(NC(=O)Nc2ccc(CC(=O)N3CCSCC3)cc2)CC1. The highest BCUT2D eigenvalue weighted by Crippen LogP contribution is 2.15. The molecule has 0 aromatic heterocycles. The number of anilines is 1. The zero-order valence-corrected chi connectivity index (χ0v) is 18.2. The van der Waals surface area contributed by atoms with Gasteiger partial charge in [0, 0.05) is 49.4 Å². The third kappa shape index (κ3) is 6.55. The van der Waals surface area contributed by atoms with Gasteiger partial charge in [0.1, 0.15) is 0 Å². The largest absolute Gasteiger partial charge is 0.450 e. The van der Waals surface area contributed by atoms with Crippen LogP contribution >= 0.6 is 11.8 Å². The van der Waals surface area contributed by atoms with E-state index in [0.717, 1.165) is 30.2 Å². The fraction of sp³-hybridized carbons (Fsp3) is 0.571. The number of ether oxygens (including phenoxy) is 1. The number of urea groups is 1. The lowest BCUT2D eigenvalue weighted by Crippen LogP contribution is -2.47. The fourth-order valence-electron chi connectivity index (χ4n) is 3.58. The van der Waals surface area contributed by atoms with Gasteiger partial charge in [-0.1, -0.05) is 12.1 Å². The molecule has 2 fully saturated rings. The van der Waals surface area contributed by atoms with Gasteiger partial charge < -0.3 is 25.2 Å². The number of hydrogen-bond donors (Lipinski definition) is 2. The highest BCUT2D eigenvalue weighted by molar-refractivity contribution is 7.99. The summed E-state index contributed by atoms with van der Waals surface area (Å²) >= 11 is 1.88. The van der Waals surface area contributed by atoms with E-state index in [-0.39, 0.29) is 24.1 Å². The van der Waals surface area contributed by atoms with Gasteiger partial charge in [-0.25, -0.2) is 9.59 Å². The van der Waals surface area contributed by atoms with E-state index >= 15 is 0 Å². The van der Waals surface area contributed by atoms with Crippen LogP contribution in [0, 0.1) is 0 Å². The van der Waals surface area contributed by atoms with Crippen LogP contribution in [-0.4, -0.2) is 78.2 Å². The summed E-state index contributed by atoms with van der Waals surface area (Å²) in [6.07, 6.45) is 1.49. The Balaban J connectivity index is 1.40. The van der Waals surface area contributed by atoms with Gasteiger partial charge in [0.25, 0.3) is 0 Å². The van der Waals surface area contributed by atoms with Crippen LogP contribution in [0.2, 0.25) is 0 Å². The monoisotopic (exact) mass is 434 g/mol. The summed E-state index contributed by atoms with van der Waals surface area (Å²) in [5.41, 5.74) is 1.62. The minimum absolute atomic E-state index is 0.0234. The van der Waals surface area contributed by atoms with E-state index in [1.807, 2.05) is 40.9 Å². The van der Waals surface area contributed by atoms with E-state index in [1.165, 1.54) is 0 Å². The maximum atomic E-state index is 12.4. The Hall–Kier alpha value is -2.42. The molecule has 0 bridgehead atoms. The summed E-state index contributed by atoms with van der Waals surface area (Å²) < 4.78 is 5.01. The van der Waals surface area contributed by atoms with Crippen molar-refractivity contribution in [2.24, 2.45) is 0 Å². The van der Waals surface area contributed by atoms with Crippen LogP contribution in [0.25, 0.3) is 0 Å². The summed E-state index contributed by atoms with van der Waals surface area (Å²) in [6.45, 7) is 4.94. The van der Waals surface area contributed by atoms with Crippen LogP contribution in [0.1, 0.15) is 25.3 Å². The number of piperidine rings is 1. The molecular weight excluding hydrogens is 404 g/mol. The molecule has 1 aromatic carbocycles. The molecule has 0 spiro atoms. The summed E-state index contributed by atoms with van der Waals surface area (Å²) in [6, 6.07) is 7.15. The quantitative estimate of drug-likeness (QED) is 0.743. The summed E-state index contributed by atoms with van der Waals surface area (Å²) in [5.74, 6) is 2.17. The molecule has 2 heterocycles. The Bertz CT molecular complexity index is 729. The Labute approximate surface area is 181 Å². The van der Waals surface area contributed by atoms with Gasteiger partial charge >= 0.3 is 12.1 Å². The van der Waals surface area contributed by atoms with E-state index in [2.05, 4.69) is 10.6 Å². The minimum Gasteiger partial charge on any atom is -0.450 e. The summed E-state index contributed by atoms with van der Waals surface area (Å²) in [7, 11) is 0. The molecule has 0 saturated carbocycles. The maximum Gasteiger partial charge on any atom is 0.409 e. The van der Waals surface area contributed by atoms with E-state index in [9.17, 15) is 14.4 Å². The van der Waals surface area contributed by atoms with Crippen molar-refractivity contribution in [3.8, 4) is 0 Å². The number of carbonyl (C=O) groups is 3.